The Kier molecular flexibility index (Phi) is 9.83. The summed E-state index contributed by atoms with van der Waals surface area (Å²) in [5.41, 5.74) is 1.09. The summed E-state index contributed by atoms with van der Waals surface area (Å²) < 4.78 is 16.0. The molecule has 1 aromatic carbocycles. The quantitative estimate of drug-likeness (QED) is 0.361. The number of ether oxygens (including phenoxy) is 2. The van der Waals surface area contributed by atoms with Gasteiger partial charge in [0.05, 0.1) is 20.5 Å². The highest BCUT2D eigenvalue weighted by Crippen LogP contribution is 2.24. The lowest BCUT2D eigenvalue weighted by molar-refractivity contribution is 0.398. The maximum atomic E-state index is 5.40. The van der Waals surface area contributed by atoms with Gasteiger partial charge >= 0.3 is 0 Å². The third-order valence-electron chi connectivity index (χ3n) is 3.49. The number of nitrogens with zero attached hydrogens (tertiary/aromatic N) is 1. The predicted octanol–water partition coefficient (Wildman–Crippen LogP) is 3.21. The molecule has 1 aromatic heterocycles. The summed E-state index contributed by atoms with van der Waals surface area (Å²) in [6, 6.07) is 9.58. The van der Waals surface area contributed by atoms with E-state index in [2.05, 4.69) is 15.6 Å². The lowest BCUT2D eigenvalue weighted by atomic mass is 10.1. The minimum Gasteiger partial charge on any atom is -0.497 e. The Bertz CT molecular complexity index is 645. The second-order valence-electron chi connectivity index (χ2n) is 5.13. The summed E-state index contributed by atoms with van der Waals surface area (Å²) >= 11 is 0. The number of aliphatic imine (C=N–C) groups is 1. The van der Waals surface area contributed by atoms with Crippen molar-refractivity contribution < 1.29 is 13.9 Å². The molecule has 2 rings (SSSR count). The summed E-state index contributed by atoms with van der Waals surface area (Å²) in [6.45, 7) is 4.07. The van der Waals surface area contributed by atoms with Gasteiger partial charge in [-0.15, -0.1) is 24.0 Å². The van der Waals surface area contributed by atoms with Crippen LogP contribution in [0.1, 0.15) is 18.2 Å². The normalized spacial score (nSPS) is 10.8. The first kappa shape index (κ1) is 21.1. The van der Waals surface area contributed by atoms with Crippen LogP contribution in [0.25, 0.3) is 0 Å². The zero-order valence-corrected chi connectivity index (χ0v) is 17.2. The molecule has 1 heterocycles. The SMILES string of the molecule is CCNC(=NCc1ccco1)NCCc1cc(OC)ccc1OC.I. The van der Waals surface area contributed by atoms with E-state index in [9.17, 15) is 0 Å². The molecule has 0 unspecified atom stereocenters. The molecule has 0 bridgehead atoms. The standard InChI is InChI=1S/C18H25N3O3.HI/c1-4-19-18(21-13-16-6-5-11-24-16)20-10-9-14-12-15(22-2)7-8-17(14)23-3;/h5-8,11-12H,4,9-10,13H2,1-3H3,(H2,19,20,21);1H. The number of methoxy groups -OCH3 is 2. The molecule has 138 valence electrons. The largest absolute Gasteiger partial charge is 0.497 e. The van der Waals surface area contributed by atoms with Gasteiger partial charge in [0.25, 0.3) is 0 Å². The van der Waals surface area contributed by atoms with E-state index < -0.39 is 0 Å². The van der Waals surface area contributed by atoms with E-state index >= 15 is 0 Å². The van der Waals surface area contributed by atoms with Crippen molar-refractivity contribution in [3.8, 4) is 11.5 Å². The molecule has 0 saturated carbocycles. The van der Waals surface area contributed by atoms with E-state index in [0.29, 0.717) is 6.54 Å². The van der Waals surface area contributed by atoms with E-state index in [1.807, 2.05) is 37.3 Å². The first-order chi connectivity index (χ1) is 11.8. The Balaban J connectivity index is 0.00000312. The monoisotopic (exact) mass is 459 g/mol. The number of hydrogen-bond donors (Lipinski definition) is 2. The Hall–Kier alpha value is -1.90. The topological polar surface area (TPSA) is 68.0 Å². The van der Waals surface area contributed by atoms with E-state index in [0.717, 1.165) is 48.3 Å². The van der Waals surface area contributed by atoms with Crippen LogP contribution in [0.4, 0.5) is 0 Å². The highest BCUT2D eigenvalue weighted by Gasteiger charge is 2.06. The number of hydrogen-bond acceptors (Lipinski definition) is 4. The zero-order chi connectivity index (χ0) is 17.2. The van der Waals surface area contributed by atoms with Gasteiger partial charge in [-0.2, -0.15) is 0 Å². The molecule has 2 N–H and O–H groups in total. The van der Waals surface area contributed by atoms with Crippen LogP contribution in [0.2, 0.25) is 0 Å². The molecular formula is C18H26IN3O3. The van der Waals surface area contributed by atoms with Crippen LogP contribution in [0.3, 0.4) is 0 Å². The predicted molar refractivity (Wildman–Crippen MR) is 110 cm³/mol. The van der Waals surface area contributed by atoms with Crippen LogP contribution in [-0.4, -0.2) is 33.3 Å². The molecule has 0 atom stereocenters. The lowest BCUT2D eigenvalue weighted by Crippen LogP contribution is -2.38. The fourth-order valence-electron chi connectivity index (χ4n) is 2.29. The van der Waals surface area contributed by atoms with Crippen molar-refractivity contribution in [2.24, 2.45) is 4.99 Å². The summed E-state index contributed by atoms with van der Waals surface area (Å²) in [5, 5.41) is 6.54. The fraction of sp³-hybridized carbons (Fsp3) is 0.389. The van der Waals surface area contributed by atoms with Gasteiger partial charge in [0.1, 0.15) is 23.8 Å². The van der Waals surface area contributed by atoms with Crippen LogP contribution in [0.15, 0.2) is 46.0 Å². The van der Waals surface area contributed by atoms with Gasteiger partial charge in [0.2, 0.25) is 0 Å². The van der Waals surface area contributed by atoms with Gasteiger partial charge in [-0.1, -0.05) is 0 Å². The molecule has 0 aliphatic rings. The van der Waals surface area contributed by atoms with E-state index in [-0.39, 0.29) is 24.0 Å². The average Bonchev–Trinajstić information content (AvgIpc) is 3.13. The Labute approximate surface area is 166 Å². The van der Waals surface area contributed by atoms with E-state index in [1.165, 1.54) is 0 Å². The first-order valence-electron chi connectivity index (χ1n) is 8.02. The molecule has 0 aliphatic carbocycles. The van der Waals surface area contributed by atoms with Crippen LogP contribution in [0, 0.1) is 0 Å². The number of nitrogens with one attached hydrogen (secondary N) is 2. The Morgan fingerprint density at radius 3 is 2.64 bits per heavy atom. The molecule has 25 heavy (non-hydrogen) atoms. The van der Waals surface area contributed by atoms with Gasteiger partial charge in [-0.3, -0.25) is 0 Å². The van der Waals surface area contributed by atoms with Gasteiger partial charge in [-0.25, -0.2) is 4.99 Å². The number of guanidine groups is 1. The molecule has 0 amide bonds. The molecule has 0 saturated heterocycles. The van der Waals surface area contributed by atoms with Gasteiger partial charge in [0.15, 0.2) is 5.96 Å². The van der Waals surface area contributed by atoms with Crippen molar-refractivity contribution in [1.82, 2.24) is 10.6 Å². The van der Waals surface area contributed by atoms with Crippen molar-refractivity contribution in [1.29, 1.82) is 0 Å². The Morgan fingerprint density at radius 1 is 1.16 bits per heavy atom. The van der Waals surface area contributed by atoms with E-state index in [4.69, 9.17) is 13.9 Å². The summed E-state index contributed by atoms with van der Waals surface area (Å²) in [7, 11) is 3.34. The number of halogens is 1. The van der Waals surface area contributed by atoms with E-state index in [1.54, 1.807) is 20.5 Å². The number of furan rings is 1. The van der Waals surface area contributed by atoms with Crippen LogP contribution >= 0.6 is 24.0 Å². The highest BCUT2D eigenvalue weighted by molar-refractivity contribution is 14.0. The molecule has 0 aliphatic heterocycles. The fourth-order valence-corrected chi connectivity index (χ4v) is 2.29. The maximum absolute atomic E-state index is 5.40. The van der Waals surface area contributed by atoms with Crippen molar-refractivity contribution >= 4 is 29.9 Å². The molecule has 2 aromatic rings. The van der Waals surface area contributed by atoms with Crippen molar-refractivity contribution in [3.05, 3.63) is 47.9 Å². The second-order valence-corrected chi connectivity index (χ2v) is 5.13. The molecule has 0 spiro atoms. The molecule has 6 nitrogen and oxygen atoms in total. The second kappa shape index (κ2) is 11.6. The van der Waals surface area contributed by atoms with Crippen molar-refractivity contribution in [2.45, 2.75) is 19.9 Å². The van der Waals surface area contributed by atoms with Crippen molar-refractivity contribution in [3.63, 3.8) is 0 Å². The minimum atomic E-state index is 0. The summed E-state index contributed by atoms with van der Waals surface area (Å²) in [6.07, 6.45) is 2.45. The van der Waals surface area contributed by atoms with Gasteiger partial charge in [-0.05, 0) is 49.2 Å². The average molecular weight is 459 g/mol. The molecule has 0 fully saturated rings. The third kappa shape index (κ3) is 6.85. The number of rotatable bonds is 8. The number of benzene rings is 1. The maximum Gasteiger partial charge on any atom is 0.191 e. The molecule has 7 heteroatoms. The van der Waals surface area contributed by atoms with Gasteiger partial charge in [0, 0.05) is 13.1 Å². The Morgan fingerprint density at radius 2 is 2.00 bits per heavy atom. The van der Waals surface area contributed by atoms with Gasteiger partial charge < -0.3 is 24.5 Å². The summed E-state index contributed by atoms with van der Waals surface area (Å²) in [5.74, 6) is 3.27. The first-order valence-corrected chi connectivity index (χ1v) is 8.02. The minimum absolute atomic E-state index is 0. The summed E-state index contributed by atoms with van der Waals surface area (Å²) in [4.78, 5) is 4.51. The van der Waals surface area contributed by atoms with Crippen LogP contribution in [0.5, 0.6) is 11.5 Å². The smallest absolute Gasteiger partial charge is 0.191 e. The highest BCUT2D eigenvalue weighted by atomic mass is 127. The molecular weight excluding hydrogens is 433 g/mol. The van der Waals surface area contributed by atoms with Crippen molar-refractivity contribution in [2.75, 3.05) is 27.3 Å². The van der Waals surface area contributed by atoms with Crippen LogP contribution in [-0.2, 0) is 13.0 Å². The molecule has 0 radical (unpaired) electrons. The third-order valence-corrected chi connectivity index (χ3v) is 3.49. The lowest BCUT2D eigenvalue weighted by Gasteiger charge is -2.13. The zero-order valence-electron chi connectivity index (χ0n) is 14.9. The van der Waals surface area contributed by atoms with Crippen LogP contribution < -0.4 is 20.1 Å².